The number of rotatable bonds is 7. The molecule has 1 aromatic heterocycles. The van der Waals surface area contributed by atoms with Crippen LogP contribution in [0.25, 0.3) is 0 Å². The number of nitrogens with zero attached hydrogens (tertiary/aromatic N) is 2. The third-order valence-corrected chi connectivity index (χ3v) is 3.72. The molecule has 2 amide bonds. The zero-order chi connectivity index (χ0) is 17.5. The summed E-state index contributed by atoms with van der Waals surface area (Å²) in [5, 5.41) is 6.23. The van der Waals surface area contributed by atoms with Gasteiger partial charge in [0.05, 0.1) is 7.11 Å². The third kappa shape index (κ3) is 4.34. The summed E-state index contributed by atoms with van der Waals surface area (Å²) in [6, 6.07) is 8.32. The molecule has 7 heteroatoms. The summed E-state index contributed by atoms with van der Waals surface area (Å²) in [6.07, 6.45) is 2.09. The van der Waals surface area contributed by atoms with E-state index < -0.39 is 0 Å². The van der Waals surface area contributed by atoms with Gasteiger partial charge in [-0.2, -0.15) is 0 Å². The van der Waals surface area contributed by atoms with Crippen LogP contribution >= 0.6 is 0 Å². The second kappa shape index (κ2) is 8.14. The number of nitrogens with one attached hydrogen (secondary N) is 1. The lowest BCUT2D eigenvalue weighted by molar-refractivity contribution is -0.117. The van der Waals surface area contributed by atoms with Crippen LogP contribution in [0.1, 0.15) is 30.6 Å². The van der Waals surface area contributed by atoms with Crippen LogP contribution in [0.3, 0.4) is 0 Å². The fraction of sp³-hybridized carbons (Fsp3) is 0.353. The summed E-state index contributed by atoms with van der Waals surface area (Å²) in [5.74, 6) is 0.355. The van der Waals surface area contributed by atoms with Gasteiger partial charge in [-0.1, -0.05) is 18.1 Å². The van der Waals surface area contributed by atoms with E-state index in [1.807, 2.05) is 13.8 Å². The van der Waals surface area contributed by atoms with Crippen LogP contribution in [0.5, 0.6) is 5.75 Å². The number of methoxy groups -OCH3 is 1. The number of ether oxygens (including phenoxy) is 1. The first kappa shape index (κ1) is 17.5. The Labute approximate surface area is 140 Å². The summed E-state index contributed by atoms with van der Waals surface area (Å²) in [7, 11) is 1.54. The van der Waals surface area contributed by atoms with E-state index in [0.29, 0.717) is 17.1 Å². The Morgan fingerprint density at radius 2 is 2.17 bits per heavy atom. The van der Waals surface area contributed by atoms with Gasteiger partial charge in [-0.15, -0.1) is 0 Å². The molecule has 1 atom stereocenters. The van der Waals surface area contributed by atoms with Gasteiger partial charge in [-0.3, -0.25) is 9.59 Å². The van der Waals surface area contributed by atoms with Crippen molar-refractivity contribution in [1.82, 2.24) is 10.1 Å². The Hall–Kier alpha value is -2.83. The molecule has 1 N–H and O–H groups in total. The predicted molar refractivity (Wildman–Crippen MR) is 88.9 cm³/mol. The second-order valence-electron chi connectivity index (χ2n) is 5.36. The maximum absolute atomic E-state index is 12.8. The number of benzene rings is 1. The molecule has 1 heterocycles. The van der Waals surface area contributed by atoms with Gasteiger partial charge in [0.1, 0.15) is 18.6 Å². The van der Waals surface area contributed by atoms with E-state index in [2.05, 4.69) is 15.0 Å². The number of carbonyl (C=O) groups excluding carboxylic acids is 2. The Balaban J connectivity index is 2.14. The zero-order valence-electron chi connectivity index (χ0n) is 14.0. The van der Waals surface area contributed by atoms with Crippen molar-refractivity contribution in [2.45, 2.75) is 26.3 Å². The molecule has 0 spiro atoms. The fourth-order valence-electron chi connectivity index (χ4n) is 2.18. The summed E-state index contributed by atoms with van der Waals surface area (Å²) >= 11 is 0. The Morgan fingerprint density at radius 1 is 1.38 bits per heavy atom. The normalized spacial score (nSPS) is 11.6. The molecule has 2 aromatic rings. The quantitative estimate of drug-likeness (QED) is 0.843. The molecule has 1 unspecified atom stereocenters. The molecule has 0 saturated heterocycles. The lowest BCUT2D eigenvalue weighted by Gasteiger charge is -2.28. The SMILES string of the molecule is CCC(C)N(CC(=O)Nc1ccon1)C(=O)c1cccc(OC)c1. The third-order valence-electron chi connectivity index (χ3n) is 3.72. The van der Waals surface area contributed by atoms with Crippen molar-refractivity contribution in [2.75, 3.05) is 19.0 Å². The number of hydrogen-bond acceptors (Lipinski definition) is 5. The Morgan fingerprint density at radius 3 is 2.79 bits per heavy atom. The van der Waals surface area contributed by atoms with Crippen LogP contribution in [0.2, 0.25) is 0 Å². The van der Waals surface area contributed by atoms with E-state index in [1.165, 1.54) is 17.2 Å². The van der Waals surface area contributed by atoms with Gasteiger partial charge in [-0.25, -0.2) is 0 Å². The highest BCUT2D eigenvalue weighted by Crippen LogP contribution is 2.17. The molecule has 0 aliphatic heterocycles. The van der Waals surface area contributed by atoms with Gasteiger partial charge in [0.15, 0.2) is 5.82 Å². The molecule has 128 valence electrons. The van der Waals surface area contributed by atoms with E-state index in [4.69, 9.17) is 4.74 Å². The van der Waals surface area contributed by atoms with E-state index >= 15 is 0 Å². The van der Waals surface area contributed by atoms with Crippen LogP contribution in [-0.2, 0) is 4.79 Å². The van der Waals surface area contributed by atoms with Crippen LogP contribution in [0.4, 0.5) is 5.82 Å². The fourth-order valence-corrected chi connectivity index (χ4v) is 2.18. The molecule has 0 radical (unpaired) electrons. The van der Waals surface area contributed by atoms with E-state index in [1.54, 1.807) is 31.4 Å². The molecule has 0 fully saturated rings. The van der Waals surface area contributed by atoms with E-state index in [9.17, 15) is 9.59 Å². The standard InChI is InChI=1S/C17H21N3O4/c1-4-12(2)20(11-16(21)18-15-8-9-24-19-15)17(22)13-6-5-7-14(10-13)23-3/h5-10,12H,4,11H2,1-3H3,(H,18,19,21). The largest absolute Gasteiger partial charge is 0.497 e. The zero-order valence-corrected chi connectivity index (χ0v) is 14.0. The van der Waals surface area contributed by atoms with Gasteiger partial charge < -0.3 is 19.5 Å². The highest BCUT2D eigenvalue weighted by Gasteiger charge is 2.23. The number of amides is 2. The predicted octanol–water partition coefficient (Wildman–Crippen LogP) is 2.56. The monoisotopic (exact) mass is 331 g/mol. The summed E-state index contributed by atoms with van der Waals surface area (Å²) in [4.78, 5) is 26.5. The number of carbonyl (C=O) groups is 2. The van der Waals surface area contributed by atoms with Gasteiger partial charge in [-0.05, 0) is 31.5 Å². The minimum absolute atomic E-state index is 0.0715. The minimum Gasteiger partial charge on any atom is -0.497 e. The van der Waals surface area contributed by atoms with Crippen molar-refractivity contribution in [2.24, 2.45) is 0 Å². The van der Waals surface area contributed by atoms with Crippen LogP contribution in [0, 0.1) is 0 Å². The first-order valence-corrected chi connectivity index (χ1v) is 7.70. The maximum Gasteiger partial charge on any atom is 0.254 e. The molecule has 0 saturated carbocycles. The molecule has 0 aliphatic rings. The van der Waals surface area contributed by atoms with Crippen LogP contribution in [0.15, 0.2) is 41.1 Å². The van der Waals surface area contributed by atoms with Gasteiger partial charge in [0.25, 0.3) is 5.91 Å². The molecule has 2 rings (SSSR count). The van der Waals surface area contributed by atoms with Crippen molar-refractivity contribution in [1.29, 1.82) is 0 Å². The van der Waals surface area contributed by atoms with Crippen molar-refractivity contribution < 1.29 is 18.8 Å². The number of aromatic nitrogens is 1. The minimum atomic E-state index is -0.333. The van der Waals surface area contributed by atoms with Crippen molar-refractivity contribution in [3.8, 4) is 5.75 Å². The summed E-state index contributed by atoms with van der Waals surface area (Å²) in [6.45, 7) is 3.80. The smallest absolute Gasteiger partial charge is 0.254 e. The first-order valence-electron chi connectivity index (χ1n) is 7.70. The van der Waals surface area contributed by atoms with Gasteiger partial charge in [0, 0.05) is 17.7 Å². The molecular formula is C17H21N3O4. The molecule has 1 aromatic carbocycles. The van der Waals surface area contributed by atoms with E-state index in [0.717, 1.165) is 6.42 Å². The maximum atomic E-state index is 12.8. The molecule has 7 nitrogen and oxygen atoms in total. The molecule has 0 bridgehead atoms. The number of hydrogen-bond donors (Lipinski definition) is 1. The van der Waals surface area contributed by atoms with E-state index in [-0.39, 0.29) is 24.4 Å². The van der Waals surface area contributed by atoms with Crippen LogP contribution < -0.4 is 10.1 Å². The Bertz CT molecular complexity index is 685. The average Bonchev–Trinajstić information content (AvgIpc) is 3.11. The highest BCUT2D eigenvalue weighted by atomic mass is 16.5. The lowest BCUT2D eigenvalue weighted by atomic mass is 10.1. The van der Waals surface area contributed by atoms with Crippen molar-refractivity contribution >= 4 is 17.6 Å². The van der Waals surface area contributed by atoms with Crippen molar-refractivity contribution in [3.05, 3.63) is 42.2 Å². The van der Waals surface area contributed by atoms with Gasteiger partial charge in [0.2, 0.25) is 5.91 Å². The summed E-state index contributed by atoms with van der Waals surface area (Å²) < 4.78 is 9.83. The second-order valence-corrected chi connectivity index (χ2v) is 5.36. The number of anilines is 1. The molecule has 24 heavy (non-hydrogen) atoms. The topological polar surface area (TPSA) is 84.7 Å². The van der Waals surface area contributed by atoms with Crippen LogP contribution in [-0.4, -0.2) is 41.6 Å². The lowest BCUT2D eigenvalue weighted by Crippen LogP contribution is -2.43. The van der Waals surface area contributed by atoms with Crippen molar-refractivity contribution in [3.63, 3.8) is 0 Å². The average molecular weight is 331 g/mol. The Kier molecular flexibility index (Phi) is 5.95. The molecule has 0 aliphatic carbocycles. The molecular weight excluding hydrogens is 310 g/mol. The van der Waals surface area contributed by atoms with Gasteiger partial charge >= 0.3 is 0 Å². The first-order chi connectivity index (χ1) is 11.5. The highest BCUT2D eigenvalue weighted by molar-refractivity contribution is 5.99. The summed E-state index contributed by atoms with van der Waals surface area (Å²) in [5.41, 5.74) is 0.476.